The quantitative estimate of drug-likeness (QED) is 0.311. The van der Waals surface area contributed by atoms with Crippen LogP contribution in [0.4, 0.5) is 0 Å². The lowest BCUT2D eigenvalue weighted by atomic mass is 9.89. The molecule has 0 radical (unpaired) electrons. The summed E-state index contributed by atoms with van der Waals surface area (Å²) in [6, 6.07) is 23.9. The fraction of sp³-hybridized carbons (Fsp3) is 0.367. The number of carbonyl (C=O) groups excluding carboxylic acids is 1. The third kappa shape index (κ3) is 7.74. The van der Waals surface area contributed by atoms with Gasteiger partial charge in [-0.2, -0.15) is 0 Å². The Kier molecular flexibility index (Phi) is 9.14. The van der Waals surface area contributed by atoms with E-state index in [0.717, 1.165) is 73.6 Å². The molecule has 7 heteroatoms. The summed E-state index contributed by atoms with van der Waals surface area (Å²) < 4.78 is 25.4. The number of sulfonamides is 1. The molecule has 1 aliphatic carbocycles. The molecule has 0 heterocycles. The zero-order valence-electron chi connectivity index (χ0n) is 21.3. The topological polar surface area (TPSA) is 95.5 Å². The van der Waals surface area contributed by atoms with Gasteiger partial charge in [-0.3, -0.25) is 4.79 Å². The third-order valence-corrected chi connectivity index (χ3v) is 7.55. The molecule has 6 nitrogen and oxygen atoms in total. The summed E-state index contributed by atoms with van der Waals surface area (Å²) in [5.74, 6) is -0.288. The van der Waals surface area contributed by atoms with E-state index in [1.807, 2.05) is 36.4 Å². The molecule has 3 N–H and O–H groups in total. The SMILES string of the molecule is CS(=O)(=O)NC(=O)c1ccc(-c2ccc(CCCNC[C@H](O)c3ccccc3)cc2)cc1C1CCCC1. The maximum absolute atomic E-state index is 12.7. The van der Waals surface area contributed by atoms with Crippen LogP contribution in [0.1, 0.15) is 71.2 Å². The highest BCUT2D eigenvalue weighted by Crippen LogP contribution is 2.38. The molecule has 1 amide bonds. The third-order valence-electron chi connectivity index (χ3n) is 7.00. The summed E-state index contributed by atoms with van der Waals surface area (Å²) in [6.45, 7) is 1.36. The predicted molar refractivity (Wildman–Crippen MR) is 148 cm³/mol. The van der Waals surface area contributed by atoms with E-state index in [2.05, 4.69) is 40.4 Å². The minimum Gasteiger partial charge on any atom is -0.387 e. The van der Waals surface area contributed by atoms with Crippen molar-refractivity contribution in [2.45, 2.75) is 50.5 Å². The number of hydrogen-bond donors (Lipinski definition) is 3. The number of benzene rings is 3. The number of amides is 1. The van der Waals surface area contributed by atoms with Gasteiger partial charge in [0.25, 0.3) is 5.91 Å². The molecule has 196 valence electrons. The number of aryl methyl sites for hydroxylation is 1. The normalized spacial score (nSPS) is 15.0. The van der Waals surface area contributed by atoms with Gasteiger partial charge in [0.2, 0.25) is 10.0 Å². The van der Waals surface area contributed by atoms with Gasteiger partial charge in [0.1, 0.15) is 0 Å². The summed E-state index contributed by atoms with van der Waals surface area (Å²) in [6.07, 6.45) is 6.67. The van der Waals surface area contributed by atoms with Crippen molar-refractivity contribution in [2.24, 2.45) is 0 Å². The van der Waals surface area contributed by atoms with E-state index in [-0.39, 0.29) is 5.92 Å². The molecule has 37 heavy (non-hydrogen) atoms. The van der Waals surface area contributed by atoms with Gasteiger partial charge in [0.15, 0.2) is 0 Å². The van der Waals surface area contributed by atoms with Gasteiger partial charge in [-0.25, -0.2) is 13.1 Å². The van der Waals surface area contributed by atoms with Gasteiger partial charge in [-0.05, 0) is 72.0 Å². The predicted octanol–water partition coefficient (Wildman–Crippen LogP) is 4.96. The summed E-state index contributed by atoms with van der Waals surface area (Å²) in [5, 5.41) is 13.6. The second kappa shape index (κ2) is 12.5. The average Bonchev–Trinajstić information content (AvgIpc) is 3.43. The molecule has 1 aliphatic rings. The Hall–Kier alpha value is -3.00. The van der Waals surface area contributed by atoms with Crippen LogP contribution in [0.2, 0.25) is 0 Å². The van der Waals surface area contributed by atoms with E-state index in [1.54, 1.807) is 6.07 Å². The largest absolute Gasteiger partial charge is 0.387 e. The molecule has 1 saturated carbocycles. The second-order valence-electron chi connectivity index (χ2n) is 9.92. The molecule has 3 aromatic carbocycles. The van der Waals surface area contributed by atoms with Crippen LogP contribution in [0.25, 0.3) is 11.1 Å². The van der Waals surface area contributed by atoms with E-state index in [9.17, 15) is 18.3 Å². The molecule has 1 atom stereocenters. The van der Waals surface area contributed by atoms with Crippen molar-refractivity contribution < 1.29 is 18.3 Å². The van der Waals surface area contributed by atoms with Gasteiger partial charge in [0.05, 0.1) is 12.4 Å². The average molecular weight is 521 g/mol. The van der Waals surface area contributed by atoms with Crippen LogP contribution in [-0.2, 0) is 16.4 Å². The van der Waals surface area contributed by atoms with Gasteiger partial charge in [-0.1, -0.05) is 79.6 Å². The highest BCUT2D eigenvalue weighted by molar-refractivity contribution is 7.89. The summed E-state index contributed by atoms with van der Waals surface area (Å²) in [5.41, 5.74) is 5.65. The highest BCUT2D eigenvalue weighted by Gasteiger charge is 2.24. The lowest BCUT2D eigenvalue weighted by molar-refractivity contribution is 0.0980. The van der Waals surface area contributed by atoms with Crippen LogP contribution in [0.3, 0.4) is 0 Å². The van der Waals surface area contributed by atoms with Crippen molar-refractivity contribution >= 4 is 15.9 Å². The maximum Gasteiger partial charge on any atom is 0.265 e. The van der Waals surface area contributed by atoms with Crippen molar-refractivity contribution in [3.8, 4) is 11.1 Å². The van der Waals surface area contributed by atoms with Crippen molar-refractivity contribution in [3.05, 3.63) is 95.1 Å². The molecule has 3 aromatic rings. The van der Waals surface area contributed by atoms with Crippen LogP contribution in [-0.4, -0.2) is 38.8 Å². The second-order valence-corrected chi connectivity index (χ2v) is 11.7. The lowest BCUT2D eigenvalue weighted by Crippen LogP contribution is -2.30. The van der Waals surface area contributed by atoms with Crippen molar-refractivity contribution in [1.82, 2.24) is 10.0 Å². The van der Waals surface area contributed by atoms with E-state index < -0.39 is 22.0 Å². The Bertz CT molecular complexity index is 1280. The number of hydrogen-bond acceptors (Lipinski definition) is 5. The van der Waals surface area contributed by atoms with Crippen LogP contribution in [0.15, 0.2) is 72.8 Å². The molecule has 0 saturated heterocycles. The first-order chi connectivity index (χ1) is 17.8. The van der Waals surface area contributed by atoms with Crippen molar-refractivity contribution in [2.75, 3.05) is 19.3 Å². The van der Waals surface area contributed by atoms with Crippen molar-refractivity contribution in [1.29, 1.82) is 0 Å². The standard InChI is InChI=1S/C30H36N2O4S/c1-37(35,36)32-30(34)27-18-17-26(20-28(27)24-9-5-6-10-24)23-15-13-22(14-16-23)8-7-19-31-21-29(33)25-11-3-2-4-12-25/h2-4,11-18,20,24,29,31,33H,5-10,19,21H2,1H3,(H,32,34)/t29-/m0/s1. The molecule has 0 unspecified atom stereocenters. The van der Waals surface area contributed by atoms with Gasteiger partial charge in [-0.15, -0.1) is 0 Å². The van der Waals surface area contributed by atoms with Crippen molar-refractivity contribution in [3.63, 3.8) is 0 Å². The van der Waals surface area contributed by atoms with E-state index in [4.69, 9.17) is 0 Å². The smallest absolute Gasteiger partial charge is 0.265 e. The fourth-order valence-electron chi connectivity index (χ4n) is 5.06. The zero-order chi connectivity index (χ0) is 26.3. The molecular weight excluding hydrogens is 484 g/mol. The summed E-state index contributed by atoms with van der Waals surface area (Å²) in [7, 11) is -3.62. The number of aliphatic hydroxyl groups excluding tert-OH is 1. The minimum absolute atomic E-state index is 0.271. The number of nitrogens with one attached hydrogen (secondary N) is 2. The molecule has 4 rings (SSSR count). The first kappa shape index (κ1) is 27.0. The van der Waals surface area contributed by atoms with Crippen LogP contribution in [0.5, 0.6) is 0 Å². The Labute approximate surface area is 220 Å². The zero-order valence-corrected chi connectivity index (χ0v) is 22.1. The van der Waals surface area contributed by atoms with Crippen LogP contribution < -0.4 is 10.0 Å². The van der Waals surface area contributed by atoms with Crippen LogP contribution >= 0.6 is 0 Å². The highest BCUT2D eigenvalue weighted by atomic mass is 32.2. The first-order valence-electron chi connectivity index (χ1n) is 13.0. The molecule has 1 fully saturated rings. The molecule has 0 aliphatic heterocycles. The van der Waals surface area contributed by atoms with E-state index in [0.29, 0.717) is 12.1 Å². The Balaban J connectivity index is 1.36. The van der Waals surface area contributed by atoms with Gasteiger partial charge < -0.3 is 10.4 Å². The lowest BCUT2D eigenvalue weighted by Gasteiger charge is -2.17. The Morgan fingerprint density at radius 1 is 0.973 bits per heavy atom. The Morgan fingerprint density at radius 2 is 1.65 bits per heavy atom. The van der Waals surface area contributed by atoms with E-state index in [1.165, 1.54) is 5.56 Å². The maximum atomic E-state index is 12.7. The monoisotopic (exact) mass is 520 g/mol. The van der Waals surface area contributed by atoms with Crippen LogP contribution in [0, 0.1) is 0 Å². The number of aliphatic hydroxyl groups is 1. The molecule has 0 bridgehead atoms. The Morgan fingerprint density at radius 3 is 2.32 bits per heavy atom. The number of carbonyl (C=O) groups is 1. The molecular formula is C30H36N2O4S. The minimum atomic E-state index is -3.62. The van der Waals surface area contributed by atoms with Gasteiger partial charge >= 0.3 is 0 Å². The van der Waals surface area contributed by atoms with Gasteiger partial charge in [0, 0.05) is 12.1 Å². The summed E-state index contributed by atoms with van der Waals surface area (Å²) >= 11 is 0. The first-order valence-corrected chi connectivity index (χ1v) is 14.9. The number of rotatable bonds is 11. The summed E-state index contributed by atoms with van der Waals surface area (Å²) in [4.78, 5) is 12.7. The molecule has 0 spiro atoms. The van der Waals surface area contributed by atoms with E-state index >= 15 is 0 Å². The fourth-order valence-corrected chi connectivity index (χ4v) is 5.51. The molecule has 0 aromatic heterocycles.